The lowest BCUT2D eigenvalue weighted by Gasteiger charge is -2.10. The fourth-order valence-corrected chi connectivity index (χ4v) is 1.89. The molecule has 0 atom stereocenters. The van der Waals surface area contributed by atoms with Gasteiger partial charge in [0, 0.05) is 22.6 Å². The number of nitrogens with zero attached hydrogens (tertiary/aromatic N) is 1. The molecule has 0 aliphatic carbocycles. The summed E-state index contributed by atoms with van der Waals surface area (Å²) in [5.74, 6) is -0.271. The number of aromatic nitrogens is 1. The number of nitrogens with one attached hydrogen (secondary N) is 1. The maximum atomic E-state index is 12.0. The lowest BCUT2D eigenvalue weighted by molar-refractivity contribution is 0.102. The fourth-order valence-electron chi connectivity index (χ4n) is 1.53. The molecule has 0 saturated carbocycles. The van der Waals surface area contributed by atoms with Crippen LogP contribution in [0.3, 0.4) is 0 Å². The maximum Gasteiger partial charge on any atom is 0.259 e. The lowest BCUT2D eigenvalue weighted by Crippen LogP contribution is -2.14. The monoisotopic (exact) mass is 305 g/mol. The highest BCUT2D eigenvalue weighted by Gasteiger charge is 2.11. The molecule has 0 spiro atoms. The summed E-state index contributed by atoms with van der Waals surface area (Å²) in [6, 6.07) is 7.25. The van der Waals surface area contributed by atoms with Crippen molar-refractivity contribution in [2.75, 3.05) is 11.1 Å². The van der Waals surface area contributed by atoms with Crippen LogP contribution >= 0.6 is 15.9 Å². The highest BCUT2D eigenvalue weighted by molar-refractivity contribution is 9.10. The van der Waals surface area contributed by atoms with Crippen LogP contribution in [0.15, 0.2) is 41.1 Å². The minimum atomic E-state index is -0.271. The molecule has 0 unspecified atom stereocenters. The number of hydrogen-bond donors (Lipinski definition) is 2. The molecule has 92 valence electrons. The van der Waals surface area contributed by atoms with E-state index < -0.39 is 0 Å². The molecule has 4 nitrogen and oxygen atoms in total. The zero-order valence-electron chi connectivity index (χ0n) is 9.77. The molecule has 0 saturated heterocycles. The summed E-state index contributed by atoms with van der Waals surface area (Å²) < 4.78 is 0.862. The first kappa shape index (κ1) is 12.6. The SMILES string of the molecule is Cc1cccc(NC(=O)c2cnccc2N)c1Br. The van der Waals surface area contributed by atoms with Gasteiger partial charge in [0.2, 0.25) is 0 Å². The number of nitrogen functional groups attached to an aromatic ring is 1. The number of amides is 1. The van der Waals surface area contributed by atoms with Crippen LogP contribution in [0.2, 0.25) is 0 Å². The zero-order valence-corrected chi connectivity index (χ0v) is 11.4. The molecule has 3 N–H and O–H groups in total. The van der Waals surface area contributed by atoms with E-state index in [4.69, 9.17) is 5.73 Å². The van der Waals surface area contributed by atoms with Crippen molar-refractivity contribution < 1.29 is 4.79 Å². The summed E-state index contributed by atoms with van der Waals surface area (Å²) in [6.07, 6.45) is 3.00. The lowest BCUT2D eigenvalue weighted by atomic mass is 10.2. The molecule has 2 aromatic rings. The third-order valence-electron chi connectivity index (χ3n) is 2.54. The van der Waals surface area contributed by atoms with E-state index in [1.54, 1.807) is 12.3 Å². The summed E-state index contributed by atoms with van der Waals surface area (Å²) >= 11 is 3.44. The molecular formula is C13H12BrN3O. The Hall–Kier alpha value is -1.88. The van der Waals surface area contributed by atoms with Crippen LogP contribution < -0.4 is 11.1 Å². The number of halogens is 1. The molecule has 0 fully saturated rings. The molecule has 1 aromatic heterocycles. The molecule has 0 aliphatic rings. The number of anilines is 2. The quantitative estimate of drug-likeness (QED) is 0.896. The second-order valence-electron chi connectivity index (χ2n) is 3.85. The number of rotatable bonds is 2. The highest BCUT2D eigenvalue weighted by Crippen LogP contribution is 2.26. The molecule has 1 aromatic carbocycles. The van der Waals surface area contributed by atoms with Crippen LogP contribution in [-0.2, 0) is 0 Å². The van der Waals surface area contributed by atoms with E-state index in [0.717, 1.165) is 10.0 Å². The van der Waals surface area contributed by atoms with E-state index in [1.807, 2.05) is 25.1 Å². The van der Waals surface area contributed by atoms with E-state index in [1.165, 1.54) is 6.20 Å². The van der Waals surface area contributed by atoms with Crippen LogP contribution in [0.25, 0.3) is 0 Å². The maximum absolute atomic E-state index is 12.0. The van der Waals surface area contributed by atoms with Crippen LogP contribution in [-0.4, -0.2) is 10.9 Å². The van der Waals surface area contributed by atoms with Gasteiger partial charge in [-0.25, -0.2) is 0 Å². The van der Waals surface area contributed by atoms with E-state index in [2.05, 4.69) is 26.2 Å². The molecular weight excluding hydrogens is 294 g/mol. The Balaban J connectivity index is 2.27. The Morgan fingerprint density at radius 2 is 2.17 bits per heavy atom. The molecule has 1 heterocycles. The van der Waals surface area contributed by atoms with Crippen molar-refractivity contribution >= 4 is 33.2 Å². The molecule has 5 heteroatoms. The summed E-state index contributed by atoms with van der Waals surface area (Å²) in [5.41, 5.74) is 8.27. The van der Waals surface area contributed by atoms with E-state index in [9.17, 15) is 4.79 Å². The van der Waals surface area contributed by atoms with Crippen molar-refractivity contribution in [1.82, 2.24) is 4.98 Å². The van der Waals surface area contributed by atoms with Crippen molar-refractivity contribution in [1.29, 1.82) is 0 Å². The Kier molecular flexibility index (Phi) is 3.62. The van der Waals surface area contributed by atoms with Crippen LogP contribution in [0.4, 0.5) is 11.4 Å². The summed E-state index contributed by atoms with van der Waals surface area (Å²) in [4.78, 5) is 15.9. The van der Waals surface area contributed by atoms with Crippen LogP contribution in [0.1, 0.15) is 15.9 Å². The van der Waals surface area contributed by atoms with Gasteiger partial charge in [0.25, 0.3) is 5.91 Å². The van der Waals surface area contributed by atoms with Gasteiger partial charge in [-0.3, -0.25) is 9.78 Å². The Bertz CT molecular complexity index is 599. The van der Waals surface area contributed by atoms with Gasteiger partial charge in [0.1, 0.15) is 0 Å². The van der Waals surface area contributed by atoms with Gasteiger partial charge in [-0.15, -0.1) is 0 Å². The summed E-state index contributed by atoms with van der Waals surface area (Å²) in [5, 5.41) is 2.80. The first-order chi connectivity index (χ1) is 8.59. The third-order valence-corrected chi connectivity index (χ3v) is 3.59. The topological polar surface area (TPSA) is 68.0 Å². The number of pyridine rings is 1. The number of aryl methyl sites for hydroxylation is 1. The van der Waals surface area contributed by atoms with Crippen molar-refractivity contribution in [2.45, 2.75) is 6.92 Å². The predicted octanol–water partition coefficient (Wildman–Crippen LogP) is 2.99. The van der Waals surface area contributed by atoms with Gasteiger partial charge in [0.15, 0.2) is 0 Å². The standard InChI is InChI=1S/C13H12BrN3O/c1-8-3-2-4-11(12(8)14)17-13(18)9-7-16-6-5-10(9)15/h2-7H,1H3,(H2,15,16)(H,17,18). The second-order valence-corrected chi connectivity index (χ2v) is 4.65. The van der Waals surface area contributed by atoms with Crippen molar-refractivity contribution in [3.63, 3.8) is 0 Å². The van der Waals surface area contributed by atoms with E-state index in [-0.39, 0.29) is 5.91 Å². The van der Waals surface area contributed by atoms with Crippen molar-refractivity contribution in [2.24, 2.45) is 0 Å². The van der Waals surface area contributed by atoms with Crippen LogP contribution in [0, 0.1) is 6.92 Å². The smallest absolute Gasteiger partial charge is 0.259 e. The first-order valence-electron chi connectivity index (χ1n) is 5.35. The Labute approximate surface area is 113 Å². The fraction of sp³-hybridized carbons (Fsp3) is 0.0769. The highest BCUT2D eigenvalue weighted by atomic mass is 79.9. The minimum Gasteiger partial charge on any atom is -0.398 e. The number of hydrogen-bond acceptors (Lipinski definition) is 3. The van der Waals surface area contributed by atoms with Gasteiger partial charge in [-0.2, -0.15) is 0 Å². The molecule has 18 heavy (non-hydrogen) atoms. The molecule has 1 amide bonds. The largest absolute Gasteiger partial charge is 0.398 e. The predicted molar refractivity (Wildman–Crippen MR) is 75.5 cm³/mol. The molecule has 0 aliphatic heterocycles. The van der Waals surface area contributed by atoms with Gasteiger partial charge in [0.05, 0.1) is 11.3 Å². The minimum absolute atomic E-state index is 0.271. The first-order valence-corrected chi connectivity index (χ1v) is 6.15. The van der Waals surface area contributed by atoms with Gasteiger partial charge in [-0.05, 0) is 40.5 Å². The zero-order chi connectivity index (χ0) is 13.1. The number of nitrogens with two attached hydrogens (primary N) is 1. The molecule has 0 bridgehead atoms. The summed E-state index contributed by atoms with van der Waals surface area (Å²) in [7, 11) is 0. The van der Waals surface area contributed by atoms with Crippen molar-refractivity contribution in [3.8, 4) is 0 Å². The van der Waals surface area contributed by atoms with Crippen molar-refractivity contribution in [3.05, 3.63) is 52.3 Å². The molecule has 0 radical (unpaired) electrons. The van der Waals surface area contributed by atoms with Gasteiger partial charge < -0.3 is 11.1 Å². The van der Waals surface area contributed by atoms with E-state index in [0.29, 0.717) is 16.9 Å². The van der Waals surface area contributed by atoms with E-state index >= 15 is 0 Å². The average Bonchev–Trinajstić information content (AvgIpc) is 2.35. The normalized spacial score (nSPS) is 10.1. The number of carbonyl (C=O) groups excluding carboxylic acids is 1. The van der Waals surface area contributed by atoms with Gasteiger partial charge in [-0.1, -0.05) is 12.1 Å². The third kappa shape index (κ3) is 2.51. The number of carbonyl (C=O) groups is 1. The second kappa shape index (κ2) is 5.18. The average molecular weight is 306 g/mol. The molecule has 2 rings (SSSR count). The summed E-state index contributed by atoms with van der Waals surface area (Å²) in [6.45, 7) is 1.96. The number of benzene rings is 1. The van der Waals surface area contributed by atoms with Crippen LogP contribution in [0.5, 0.6) is 0 Å². The Morgan fingerprint density at radius 3 is 2.89 bits per heavy atom. The Morgan fingerprint density at radius 1 is 1.39 bits per heavy atom. The van der Waals surface area contributed by atoms with Gasteiger partial charge >= 0.3 is 0 Å².